The fraction of sp³-hybridized carbons (Fsp3) is 0.900. The summed E-state index contributed by atoms with van der Waals surface area (Å²) >= 11 is 2.00. The zero-order valence-corrected chi connectivity index (χ0v) is 8.76. The first kappa shape index (κ1) is 9.44. The lowest BCUT2D eigenvalue weighted by Crippen LogP contribution is -2.26. The van der Waals surface area contributed by atoms with Gasteiger partial charge in [0.25, 0.3) is 0 Å². The van der Waals surface area contributed by atoms with Gasteiger partial charge in [-0.05, 0) is 25.0 Å². The number of hydrogen-bond donors (Lipinski definition) is 0. The number of thioether (sulfide) groups is 1. The molecule has 0 aromatic heterocycles. The Morgan fingerprint density at radius 1 is 1.09 bits per heavy atom. The Hall–Kier alpha value is 0.350. The van der Waals surface area contributed by atoms with Gasteiger partial charge in [0, 0.05) is 4.75 Å². The highest BCUT2D eigenvalue weighted by Gasteiger charge is 2.29. The van der Waals surface area contributed by atoms with Gasteiger partial charge in [0.2, 0.25) is 0 Å². The van der Waals surface area contributed by atoms with Crippen molar-refractivity contribution in [2.75, 3.05) is 6.26 Å². The average molecular weight is 171 g/mol. The van der Waals surface area contributed by atoms with E-state index in [1.165, 1.54) is 32.1 Å². The van der Waals surface area contributed by atoms with Gasteiger partial charge in [-0.15, -0.1) is 0 Å². The van der Waals surface area contributed by atoms with Gasteiger partial charge in [0.1, 0.15) is 0 Å². The molecular weight excluding hydrogens is 152 g/mol. The molecule has 0 nitrogen and oxygen atoms in total. The van der Waals surface area contributed by atoms with Crippen molar-refractivity contribution in [2.24, 2.45) is 0 Å². The molecule has 0 unspecified atom stereocenters. The van der Waals surface area contributed by atoms with Crippen molar-refractivity contribution in [1.29, 1.82) is 0 Å². The molecule has 0 aliphatic heterocycles. The third kappa shape index (κ3) is 2.40. The van der Waals surface area contributed by atoms with E-state index in [0.29, 0.717) is 4.75 Å². The molecule has 1 saturated carbocycles. The first-order valence-electron chi connectivity index (χ1n) is 4.57. The van der Waals surface area contributed by atoms with Gasteiger partial charge < -0.3 is 0 Å². The highest BCUT2D eigenvalue weighted by molar-refractivity contribution is 8.00. The number of hydrogen-bond acceptors (Lipinski definition) is 1. The molecule has 0 heterocycles. The maximum atomic E-state index is 2.36. The first-order chi connectivity index (χ1) is 5.17. The predicted octanol–water partition coefficient (Wildman–Crippen LogP) is 3.67. The van der Waals surface area contributed by atoms with E-state index in [1.54, 1.807) is 5.92 Å². The average Bonchev–Trinajstić information content (AvgIpc) is 2.06. The third-order valence-corrected chi connectivity index (χ3v) is 4.13. The minimum Gasteiger partial charge on any atom is -0.159 e. The molecule has 0 aromatic carbocycles. The van der Waals surface area contributed by atoms with E-state index < -0.39 is 0 Å². The van der Waals surface area contributed by atoms with Crippen LogP contribution in [0.1, 0.15) is 46.0 Å². The largest absolute Gasteiger partial charge is 0.159 e. The van der Waals surface area contributed by atoms with Gasteiger partial charge in [-0.3, -0.25) is 0 Å². The van der Waals surface area contributed by atoms with E-state index in [-0.39, 0.29) is 0 Å². The summed E-state index contributed by atoms with van der Waals surface area (Å²) in [6.07, 6.45) is 9.30. The van der Waals surface area contributed by atoms with Crippen LogP contribution in [0, 0.1) is 5.92 Å². The molecule has 1 radical (unpaired) electrons. The van der Waals surface area contributed by atoms with Crippen LogP contribution in [0.2, 0.25) is 0 Å². The fourth-order valence-electron chi connectivity index (χ4n) is 1.72. The quantitative estimate of drug-likeness (QED) is 0.611. The molecule has 0 atom stereocenters. The van der Waals surface area contributed by atoms with Crippen LogP contribution in [0.25, 0.3) is 0 Å². The predicted molar refractivity (Wildman–Crippen MR) is 53.9 cm³/mol. The first-order valence-corrected chi connectivity index (χ1v) is 5.79. The topological polar surface area (TPSA) is 0 Å². The summed E-state index contributed by atoms with van der Waals surface area (Å²) in [4.78, 5) is 0. The lowest BCUT2D eigenvalue weighted by atomic mass is 9.81. The van der Waals surface area contributed by atoms with Crippen molar-refractivity contribution < 1.29 is 0 Å². The summed E-state index contributed by atoms with van der Waals surface area (Å²) in [6.45, 7) is 4.72. The lowest BCUT2D eigenvalue weighted by Gasteiger charge is -2.34. The van der Waals surface area contributed by atoms with Crippen LogP contribution in [-0.2, 0) is 0 Å². The van der Waals surface area contributed by atoms with Gasteiger partial charge in [-0.25, -0.2) is 0 Å². The van der Waals surface area contributed by atoms with Gasteiger partial charge in [-0.2, -0.15) is 11.8 Å². The Kier molecular flexibility index (Phi) is 3.29. The molecular formula is C10H19S. The molecule has 1 aliphatic carbocycles. The molecule has 1 heteroatoms. The number of rotatable bonds is 2. The minimum atomic E-state index is 0.445. The summed E-state index contributed by atoms with van der Waals surface area (Å²) in [5, 5.41) is 0. The Morgan fingerprint density at radius 3 is 2.09 bits per heavy atom. The molecule has 1 fully saturated rings. The Bertz CT molecular complexity index is 112. The Balaban J connectivity index is 2.43. The molecule has 11 heavy (non-hydrogen) atoms. The van der Waals surface area contributed by atoms with E-state index in [4.69, 9.17) is 0 Å². The molecule has 0 N–H and O–H groups in total. The summed E-state index contributed by atoms with van der Waals surface area (Å²) in [5.41, 5.74) is 0. The maximum absolute atomic E-state index is 2.36. The molecule has 0 saturated heterocycles. The van der Waals surface area contributed by atoms with E-state index in [1.807, 2.05) is 11.8 Å². The second kappa shape index (κ2) is 3.84. The molecule has 0 aromatic rings. The maximum Gasteiger partial charge on any atom is 0.0163 e. The summed E-state index contributed by atoms with van der Waals surface area (Å²) < 4.78 is 0.445. The summed E-state index contributed by atoms with van der Waals surface area (Å²) in [6, 6.07) is 0. The molecule has 0 amide bonds. The molecule has 0 spiro atoms. The van der Waals surface area contributed by atoms with Crippen LogP contribution < -0.4 is 0 Å². The van der Waals surface area contributed by atoms with Gasteiger partial charge >= 0.3 is 0 Å². The SMILES string of the molecule is CSC(C)(C)[C]1CCCCC1. The molecule has 65 valence electrons. The van der Waals surface area contributed by atoms with Crippen LogP contribution in [0.5, 0.6) is 0 Å². The van der Waals surface area contributed by atoms with Crippen LogP contribution in [0.4, 0.5) is 0 Å². The molecule has 1 rings (SSSR count). The van der Waals surface area contributed by atoms with Crippen molar-refractivity contribution in [3.63, 3.8) is 0 Å². The Labute approximate surface area is 75.1 Å². The fourth-order valence-corrected chi connectivity index (χ4v) is 2.22. The van der Waals surface area contributed by atoms with Gasteiger partial charge in [0.05, 0.1) is 0 Å². The Morgan fingerprint density at radius 2 is 1.64 bits per heavy atom. The highest BCUT2D eigenvalue weighted by Crippen LogP contribution is 2.41. The standard InChI is InChI=1S/C10H19S/c1-10(2,11-3)9-7-5-4-6-8-9/h4-8H2,1-3H3. The zero-order chi connectivity index (χ0) is 8.32. The molecule has 1 aliphatic rings. The lowest BCUT2D eigenvalue weighted by molar-refractivity contribution is 0.477. The van der Waals surface area contributed by atoms with Crippen LogP contribution >= 0.6 is 11.8 Å². The van der Waals surface area contributed by atoms with Crippen molar-refractivity contribution in [3.8, 4) is 0 Å². The van der Waals surface area contributed by atoms with Crippen LogP contribution in [-0.4, -0.2) is 11.0 Å². The normalized spacial score (nSPS) is 22.1. The van der Waals surface area contributed by atoms with E-state index in [9.17, 15) is 0 Å². The molecule has 0 bridgehead atoms. The van der Waals surface area contributed by atoms with E-state index >= 15 is 0 Å². The monoisotopic (exact) mass is 171 g/mol. The zero-order valence-electron chi connectivity index (χ0n) is 7.94. The van der Waals surface area contributed by atoms with Gasteiger partial charge in [-0.1, -0.05) is 33.1 Å². The highest BCUT2D eigenvalue weighted by atomic mass is 32.2. The van der Waals surface area contributed by atoms with Crippen LogP contribution in [0.3, 0.4) is 0 Å². The van der Waals surface area contributed by atoms with E-state index in [0.717, 1.165) is 0 Å². The smallest absolute Gasteiger partial charge is 0.0163 e. The second-order valence-corrected chi connectivity index (χ2v) is 5.31. The summed E-state index contributed by atoms with van der Waals surface area (Å²) in [5.74, 6) is 1.79. The minimum absolute atomic E-state index is 0.445. The van der Waals surface area contributed by atoms with Crippen LogP contribution in [0.15, 0.2) is 0 Å². The van der Waals surface area contributed by atoms with E-state index in [2.05, 4.69) is 20.1 Å². The van der Waals surface area contributed by atoms with Crippen molar-refractivity contribution in [2.45, 2.75) is 50.7 Å². The summed E-state index contributed by atoms with van der Waals surface area (Å²) in [7, 11) is 0. The van der Waals surface area contributed by atoms with Crippen molar-refractivity contribution in [3.05, 3.63) is 5.92 Å². The third-order valence-electron chi connectivity index (χ3n) is 2.82. The van der Waals surface area contributed by atoms with Crippen molar-refractivity contribution in [1.82, 2.24) is 0 Å². The second-order valence-electron chi connectivity index (χ2n) is 3.88. The van der Waals surface area contributed by atoms with Crippen molar-refractivity contribution >= 4 is 11.8 Å². The van der Waals surface area contributed by atoms with Gasteiger partial charge in [0.15, 0.2) is 0 Å².